The molecule has 1 heterocycles. The summed E-state index contributed by atoms with van der Waals surface area (Å²) in [6.45, 7) is 6.60. The quantitative estimate of drug-likeness (QED) is 0.409. The minimum Gasteiger partial charge on any atom is -0.478 e. The minimum absolute atomic E-state index is 0.534. The van der Waals surface area contributed by atoms with Gasteiger partial charge in [-0.25, -0.2) is 14.8 Å². The third-order valence-electron chi connectivity index (χ3n) is 5.15. The molecule has 32 heavy (non-hydrogen) atoms. The Balaban J connectivity index is 1.71. The van der Waals surface area contributed by atoms with E-state index < -0.39 is 11.6 Å². The smallest absolute Gasteiger partial charge is 0.347 e. The van der Waals surface area contributed by atoms with E-state index in [1.165, 1.54) is 19.4 Å². The average Bonchev–Trinajstić information content (AvgIpc) is 2.78. The van der Waals surface area contributed by atoms with Gasteiger partial charge in [-0.2, -0.15) is 0 Å². The van der Waals surface area contributed by atoms with Crippen LogP contribution in [0.5, 0.6) is 5.75 Å². The Morgan fingerprint density at radius 1 is 1.00 bits per heavy atom. The van der Waals surface area contributed by atoms with Gasteiger partial charge < -0.3 is 14.7 Å². The number of hydrogen-bond acceptors (Lipinski definition) is 5. The lowest BCUT2D eigenvalue weighted by Gasteiger charge is -2.23. The molecule has 0 bridgehead atoms. The van der Waals surface area contributed by atoms with E-state index in [9.17, 15) is 9.90 Å². The van der Waals surface area contributed by atoms with E-state index >= 15 is 0 Å². The van der Waals surface area contributed by atoms with Crippen molar-refractivity contribution in [3.63, 3.8) is 0 Å². The number of nitrogens with zero attached hydrogens (tertiary/aromatic N) is 3. The fraction of sp³-hybridized carbons (Fsp3) is 0.320. The molecule has 0 saturated heterocycles. The van der Waals surface area contributed by atoms with Crippen molar-refractivity contribution in [1.82, 2.24) is 9.97 Å². The Labute approximate surface area is 197 Å². The molecule has 168 valence electrons. The number of carboxylic acids is 1. The first kappa shape index (κ1) is 23.7. The third-order valence-corrected chi connectivity index (χ3v) is 5.68. The van der Waals surface area contributed by atoms with Crippen LogP contribution in [0.1, 0.15) is 37.5 Å². The maximum absolute atomic E-state index is 11.3. The summed E-state index contributed by atoms with van der Waals surface area (Å²) in [6, 6.07) is 15.8. The summed E-state index contributed by atoms with van der Waals surface area (Å²) in [5.41, 5.74) is 2.13. The Hall–Kier alpha value is -2.93. The molecule has 0 aliphatic heterocycles. The van der Waals surface area contributed by atoms with Gasteiger partial charge in [0.15, 0.2) is 5.60 Å². The van der Waals surface area contributed by atoms with Crippen LogP contribution in [0.25, 0.3) is 0 Å². The van der Waals surface area contributed by atoms with Crippen LogP contribution in [0.2, 0.25) is 0 Å². The van der Waals surface area contributed by atoms with Crippen LogP contribution >= 0.6 is 15.9 Å². The van der Waals surface area contributed by atoms with E-state index in [1.807, 2.05) is 48.8 Å². The number of carboxylic acid groups (broad SMARTS) is 1. The first-order valence-corrected chi connectivity index (χ1v) is 11.4. The lowest BCUT2D eigenvalue weighted by atomic mass is 10.1. The van der Waals surface area contributed by atoms with Crippen molar-refractivity contribution in [3.05, 3.63) is 82.1 Å². The molecule has 3 rings (SSSR count). The largest absolute Gasteiger partial charge is 0.478 e. The zero-order valence-electron chi connectivity index (χ0n) is 18.6. The van der Waals surface area contributed by atoms with Crippen molar-refractivity contribution in [2.75, 3.05) is 11.4 Å². The van der Waals surface area contributed by atoms with Gasteiger partial charge in [-0.15, -0.1) is 0 Å². The second-order valence-corrected chi connectivity index (χ2v) is 9.02. The maximum Gasteiger partial charge on any atom is 0.347 e. The summed E-state index contributed by atoms with van der Waals surface area (Å²) in [6.07, 6.45) is 5.46. The molecular weight excluding hydrogens is 470 g/mol. The highest BCUT2D eigenvalue weighted by Crippen LogP contribution is 2.21. The average molecular weight is 498 g/mol. The van der Waals surface area contributed by atoms with E-state index in [1.54, 1.807) is 0 Å². The summed E-state index contributed by atoms with van der Waals surface area (Å²) in [5.74, 6) is 0.235. The Kier molecular flexibility index (Phi) is 7.85. The molecule has 0 unspecified atom stereocenters. The van der Waals surface area contributed by atoms with E-state index in [0.29, 0.717) is 18.2 Å². The number of ether oxygens (including phenoxy) is 1. The monoisotopic (exact) mass is 497 g/mol. The predicted molar refractivity (Wildman–Crippen MR) is 129 cm³/mol. The zero-order chi connectivity index (χ0) is 23.1. The molecule has 1 N–H and O–H groups in total. The molecule has 0 spiro atoms. The van der Waals surface area contributed by atoms with Gasteiger partial charge >= 0.3 is 5.97 Å². The normalized spacial score (nSPS) is 11.2. The van der Waals surface area contributed by atoms with Gasteiger partial charge in [-0.3, -0.25) is 0 Å². The molecule has 2 aromatic carbocycles. The second-order valence-electron chi connectivity index (χ2n) is 8.10. The van der Waals surface area contributed by atoms with Crippen LogP contribution < -0.4 is 9.64 Å². The van der Waals surface area contributed by atoms with Crippen molar-refractivity contribution in [3.8, 4) is 5.75 Å². The fourth-order valence-electron chi connectivity index (χ4n) is 3.08. The van der Waals surface area contributed by atoms with E-state index in [4.69, 9.17) is 4.74 Å². The van der Waals surface area contributed by atoms with Crippen molar-refractivity contribution in [2.24, 2.45) is 0 Å². The third kappa shape index (κ3) is 6.53. The van der Waals surface area contributed by atoms with Gasteiger partial charge in [0.1, 0.15) is 5.75 Å². The number of hydrogen-bond donors (Lipinski definition) is 1. The number of carbonyl (C=O) groups is 1. The maximum atomic E-state index is 11.3. The summed E-state index contributed by atoms with van der Waals surface area (Å²) in [4.78, 5) is 22.6. The number of aliphatic carboxylic acids is 1. The second kappa shape index (κ2) is 10.6. The standard InChI is InChI=1S/C25H28BrN3O3/c1-4-18-15-27-24(28-16-18)29(17-20-5-9-21(26)10-6-20)14-13-19-7-11-22(12-8-19)32-25(2,3)23(30)31/h5-12,15-16H,4,13-14,17H2,1-3H3,(H,30,31). The molecule has 3 aromatic rings. The van der Waals surface area contributed by atoms with Crippen LogP contribution in [-0.4, -0.2) is 33.2 Å². The van der Waals surface area contributed by atoms with Crippen molar-refractivity contribution in [2.45, 2.75) is 45.8 Å². The molecule has 0 fully saturated rings. The molecule has 0 saturated carbocycles. The molecule has 0 aliphatic carbocycles. The predicted octanol–water partition coefficient (Wildman–Crippen LogP) is 5.29. The molecule has 0 aliphatic rings. The molecule has 7 heteroatoms. The Morgan fingerprint density at radius 2 is 1.59 bits per heavy atom. The van der Waals surface area contributed by atoms with Crippen molar-refractivity contribution in [1.29, 1.82) is 0 Å². The number of anilines is 1. The van der Waals surface area contributed by atoms with E-state index in [-0.39, 0.29) is 0 Å². The van der Waals surface area contributed by atoms with Crippen LogP contribution in [0.15, 0.2) is 65.4 Å². The number of rotatable bonds is 10. The van der Waals surface area contributed by atoms with E-state index in [2.05, 4.69) is 49.9 Å². The SMILES string of the molecule is CCc1cnc(N(CCc2ccc(OC(C)(C)C(=O)O)cc2)Cc2ccc(Br)cc2)nc1. The van der Waals surface area contributed by atoms with Gasteiger partial charge in [-0.1, -0.05) is 47.1 Å². The lowest BCUT2D eigenvalue weighted by molar-refractivity contribution is -0.152. The molecule has 0 atom stereocenters. The van der Waals surface area contributed by atoms with Gasteiger partial charge in [0.25, 0.3) is 0 Å². The number of halogens is 1. The van der Waals surface area contributed by atoms with Gasteiger partial charge in [0, 0.05) is 30.0 Å². The van der Waals surface area contributed by atoms with Crippen molar-refractivity contribution < 1.29 is 14.6 Å². The topological polar surface area (TPSA) is 75.6 Å². The first-order valence-electron chi connectivity index (χ1n) is 10.6. The Morgan fingerprint density at radius 3 is 2.16 bits per heavy atom. The summed E-state index contributed by atoms with van der Waals surface area (Å²) in [5, 5.41) is 9.23. The van der Waals surface area contributed by atoms with Gasteiger partial charge in [0.2, 0.25) is 5.95 Å². The van der Waals surface area contributed by atoms with Crippen molar-refractivity contribution >= 4 is 27.8 Å². The number of benzene rings is 2. The summed E-state index contributed by atoms with van der Waals surface area (Å²) in [7, 11) is 0. The van der Waals surface area contributed by atoms with Crippen LogP contribution in [0, 0.1) is 0 Å². The summed E-state index contributed by atoms with van der Waals surface area (Å²) >= 11 is 3.48. The van der Waals surface area contributed by atoms with Gasteiger partial charge in [0.05, 0.1) is 0 Å². The fourth-order valence-corrected chi connectivity index (χ4v) is 3.34. The molecular formula is C25H28BrN3O3. The highest BCUT2D eigenvalue weighted by Gasteiger charge is 2.29. The highest BCUT2D eigenvalue weighted by atomic mass is 79.9. The lowest BCUT2D eigenvalue weighted by Crippen LogP contribution is -2.37. The first-order chi connectivity index (χ1) is 15.3. The molecule has 0 radical (unpaired) electrons. The number of aromatic nitrogens is 2. The van der Waals surface area contributed by atoms with Crippen LogP contribution in [-0.2, 0) is 24.2 Å². The van der Waals surface area contributed by atoms with E-state index in [0.717, 1.165) is 35.0 Å². The van der Waals surface area contributed by atoms with Crippen LogP contribution in [0.3, 0.4) is 0 Å². The molecule has 6 nitrogen and oxygen atoms in total. The Bertz CT molecular complexity index is 1020. The highest BCUT2D eigenvalue weighted by molar-refractivity contribution is 9.10. The van der Waals surface area contributed by atoms with Gasteiger partial charge in [-0.05, 0) is 67.6 Å². The zero-order valence-corrected chi connectivity index (χ0v) is 20.2. The van der Waals surface area contributed by atoms with Crippen LogP contribution in [0.4, 0.5) is 5.95 Å². The minimum atomic E-state index is -1.27. The number of aryl methyl sites for hydroxylation is 1. The molecule has 0 amide bonds. The summed E-state index contributed by atoms with van der Waals surface area (Å²) < 4.78 is 6.64. The molecule has 1 aromatic heterocycles.